The fraction of sp³-hybridized carbons (Fsp3) is 0.733. The summed E-state index contributed by atoms with van der Waals surface area (Å²) < 4.78 is 131. The lowest BCUT2D eigenvalue weighted by Gasteiger charge is -2.33. The number of unbranched alkanes of at least 4 members (excludes halogenated alkanes) is 1. The van der Waals surface area contributed by atoms with Crippen LogP contribution in [-0.4, -0.2) is 60.6 Å². The first-order valence-electron chi connectivity index (χ1n) is 8.35. The molecule has 16 heteroatoms. The molecule has 1 atom stereocenters. The first-order valence-corrected chi connectivity index (χ1v) is 9.79. The molecule has 0 aromatic rings. The molecule has 0 aliphatic carbocycles. The summed E-state index contributed by atoms with van der Waals surface area (Å²) in [5.41, 5.74) is 0. The molecule has 0 bridgehead atoms. The summed E-state index contributed by atoms with van der Waals surface area (Å²) in [5, 5.41) is -4.03. The first-order chi connectivity index (χ1) is 13.7. The number of halogens is 7. The molecule has 0 saturated heterocycles. The quantitative estimate of drug-likeness (QED) is 0.108. The standard InChI is InChI=1S/C15H20F7NO7S/c1-4-10(24)30-13(14(18,19)20,11(25)23-9(2)3)29-8-6-5-7-12(16,17)15(21,22)31(26,27)28/h4,9H,1,5-8H2,2-3H3,(H,23,25)(H,26,27,28). The van der Waals surface area contributed by atoms with Gasteiger partial charge in [0, 0.05) is 18.5 Å². The Morgan fingerprint density at radius 1 is 1.10 bits per heavy atom. The molecule has 0 radical (unpaired) electrons. The van der Waals surface area contributed by atoms with Crippen LogP contribution in [-0.2, 0) is 29.2 Å². The van der Waals surface area contributed by atoms with Crippen LogP contribution in [0, 0.1) is 0 Å². The Balaban J connectivity index is 5.44. The third kappa shape index (κ3) is 7.03. The van der Waals surface area contributed by atoms with E-state index in [9.17, 15) is 48.7 Å². The van der Waals surface area contributed by atoms with E-state index in [0.29, 0.717) is 6.08 Å². The highest BCUT2D eigenvalue weighted by atomic mass is 32.2. The monoisotopic (exact) mass is 491 g/mol. The van der Waals surface area contributed by atoms with Gasteiger partial charge < -0.3 is 14.8 Å². The predicted octanol–water partition coefficient (Wildman–Crippen LogP) is 2.80. The van der Waals surface area contributed by atoms with E-state index in [-0.39, 0.29) is 0 Å². The van der Waals surface area contributed by atoms with Crippen LogP contribution in [0.25, 0.3) is 0 Å². The minimum absolute atomic E-state index is 0.296. The van der Waals surface area contributed by atoms with Gasteiger partial charge in [-0.2, -0.15) is 39.2 Å². The Bertz CT molecular complexity index is 768. The van der Waals surface area contributed by atoms with Crippen LogP contribution in [0.2, 0.25) is 0 Å². The highest BCUT2D eigenvalue weighted by Crippen LogP contribution is 2.42. The number of ether oxygens (including phenoxy) is 2. The normalized spacial score (nSPS) is 15.3. The molecule has 0 saturated carbocycles. The molecule has 182 valence electrons. The van der Waals surface area contributed by atoms with Crippen molar-refractivity contribution >= 4 is 22.0 Å². The fourth-order valence-electron chi connectivity index (χ4n) is 1.95. The summed E-state index contributed by atoms with van der Waals surface area (Å²) >= 11 is 0. The van der Waals surface area contributed by atoms with Crippen LogP contribution in [0.1, 0.15) is 33.1 Å². The van der Waals surface area contributed by atoms with Crippen LogP contribution in [0.4, 0.5) is 30.7 Å². The van der Waals surface area contributed by atoms with Crippen molar-refractivity contribution in [3.63, 3.8) is 0 Å². The van der Waals surface area contributed by atoms with Gasteiger partial charge in [-0.3, -0.25) is 9.35 Å². The van der Waals surface area contributed by atoms with Crippen molar-refractivity contribution in [1.82, 2.24) is 5.32 Å². The van der Waals surface area contributed by atoms with E-state index in [1.807, 2.05) is 5.32 Å². The Labute approximate surface area is 172 Å². The van der Waals surface area contributed by atoms with Gasteiger partial charge >= 0.3 is 45.1 Å². The number of esters is 1. The summed E-state index contributed by atoms with van der Waals surface area (Å²) in [6.07, 6.45) is -9.06. The molecule has 1 amide bonds. The maximum atomic E-state index is 13.5. The summed E-state index contributed by atoms with van der Waals surface area (Å²) in [7, 11) is -6.47. The SMILES string of the molecule is C=CC(=O)OC(OCCCCC(F)(F)C(F)(F)S(=O)(=O)O)(C(=O)NC(C)C)C(F)(F)F. The second-order valence-electron chi connectivity index (χ2n) is 6.37. The van der Waals surface area contributed by atoms with E-state index >= 15 is 0 Å². The third-order valence-corrected chi connectivity index (χ3v) is 4.39. The number of hydrogen-bond donors (Lipinski definition) is 2. The van der Waals surface area contributed by atoms with E-state index < -0.39 is 77.0 Å². The van der Waals surface area contributed by atoms with Crippen LogP contribution in [0.15, 0.2) is 12.7 Å². The number of rotatable bonds is 12. The number of hydrogen-bond acceptors (Lipinski definition) is 6. The minimum Gasteiger partial charge on any atom is -0.412 e. The zero-order chi connectivity index (χ0) is 24.9. The molecular formula is C15H20F7NO7S. The van der Waals surface area contributed by atoms with Gasteiger partial charge in [0.1, 0.15) is 0 Å². The molecule has 0 heterocycles. The number of nitrogens with one attached hydrogen (secondary N) is 1. The van der Waals surface area contributed by atoms with E-state index in [2.05, 4.69) is 16.1 Å². The molecule has 0 aromatic carbocycles. The van der Waals surface area contributed by atoms with Crippen LogP contribution in [0.5, 0.6) is 0 Å². The van der Waals surface area contributed by atoms with Crippen molar-refractivity contribution in [2.45, 2.75) is 62.3 Å². The van der Waals surface area contributed by atoms with Crippen LogP contribution in [0.3, 0.4) is 0 Å². The van der Waals surface area contributed by atoms with Gasteiger partial charge in [0.25, 0.3) is 0 Å². The topological polar surface area (TPSA) is 119 Å². The number of alkyl halides is 7. The van der Waals surface area contributed by atoms with Crippen molar-refractivity contribution in [3.8, 4) is 0 Å². The van der Waals surface area contributed by atoms with Gasteiger partial charge in [-0.1, -0.05) is 6.58 Å². The van der Waals surface area contributed by atoms with Crippen molar-refractivity contribution in [1.29, 1.82) is 0 Å². The molecule has 31 heavy (non-hydrogen) atoms. The number of amides is 1. The maximum Gasteiger partial charge on any atom is 0.466 e. The van der Waals surface area contributed by atoms with Crippen LogP contribution >= 0.6 is 0 Å². The molecule has 0 fully saturated rings. The van der Waals surface area contributed by atoms with Gasteiger partial charge in [-0.15, -0.1) is 0 Å². The molecule has 8 nitrogen and oxygen atoms in total. The molecule has 0 rings (SSSR count). The number of carbonyl (C=O) groups is 2. The van der Waals surface area contributed by atoms with Gasteiger partial charge in [0.15, 0.2) is 0 Å². The van der Waals surface area contributed by atoms with Crippen molar-refractivity contribution in [2.24, 2.45) is 0 Å². The molecule has 0 aliphatic heterocycles. The second kappa shape index (κ2) is 10.1. The predicted molar refractivity (Wildman–Crippen MR) is 89.6 cm³/mol. The van der Waals surface area contributed by atoms with E-state index in [1.54, 1.807) is 0 Å². The Morgan fingerprint density at radius 3 is 2.00 bits per heavy atom. The molecule has 0 aliphatic rings. The molecular weight excluding hydrogens is 471 g/mol. The smallest absolute Gasteiger partial charge is 0.412 e. The Morgan fingerprint density at radius 2 is 1.61 bits per heavy atom. The second-order valence-corrected chi connectivity index (χ2v) is 7.83. The lowest BCUT2D eigenvalue weighted by atomic mass is 10.1. The summed E-state index contributed by atoms with van der Waals surface area (Å²) in [6.45, 7) is 4.22. The highest BCUT2D eigenvalue weighted by Gasteiger charge is 2.67. The zero-order valence-electron chi connectivity index (χ0n) is 16.1. The van der Waals surface area contributed by atoms with Crippen molar-refractivity contribution < 1.29 is 62.8 Å². The average molecular weight is 491 g/mol. The van der Waals surface area contributed by atoms with Crippen molar-refractivity contribution in [2.75, 3.05) is 6.61 Å². The first kappa shape index (κ1) is 29.1. The number of carbonyl (C=O) groups excluding carboxylic acids is 2. The summed E-state index contributed by atoms with van der Waals surface area (Å²) in [6, 6.07) is -0.874. The Hall–Kier alpha value is -1.94. The third-order valence-electron chi connectivity index (χ3n) is 3.44. The van der Waals surface area contributed by atoms with Gasteiger partial charge in [0.2, 0.25) is 0 Å². The van der Waals surface area contributed by atoms with Gasteiger partial charge in [-0.05, 0) is 26.7 Å². The Kier molecular flexibility index (Phi) is 9.49. The lowest BCUT2D eigenvalue weighted by molar-refractivity contribution is -0.347. The lowest BCUT2D eigenvalue weighted by Crippen LogP contribution is -2.62. The summed E-state index contributed by atoms with van der Waals surface area (Å²) in [4.78, 5) is 23.4. The average Bonchev–Trinajstić information content (AvgIpc) is 2.57. The summed E-state index contributed by atoms with van der Waals surface area (Å²) in [5.74, 6) is -13.1. The van der Waals surface area contributed by atoms with Gasteiger partial charge in [0.05, 0.1) is 6.61 Å². The van der Waals surface area contributed by atoms with E-state index in [0.717, 1.165) is 0 Å². The van der Waals surface area contributed by atoms with E-state index in [4.69, 9.17) is 4.55 Å². The zero-order valence-corrected chi connectivity index (χ0v) is 17.0. The molecule has 1 unspecified atom stereocenters. The van der Waals surface area contributed by atoms with Crippen LogP contribution < -0.4 is 5.32 Å². The van der Waals surface area contributed by atoms with E-state index in [1.165, 1.54) is 13.8 Å². The van der Waals surface area contributed by atoms with Crippen molar-refractivity contribution in [3.05, 3.63) is 12.7 Å². The maximum absolute atomic E-state index is 13.5. The van der Waals surface area contributed by atoms with Gasteiger partial charge in [-0.25, -0.2) is 4.79 Å². The largest absolute Gasteiger partial charge is 0.466 e. The molecule has 2 N–H and O–H groups in total. The minimum atomic E-state index is -6.47. The molecule has 0 aromatic heterocycles. The fourth-order valence-corrected chi connectivity index (χ4v) is 2.43. The highest BCUT2D eigenvalue weighted by molar-refractivity contribution is 7.87. The molecule has 0 spiro atoms.